The van der Waals surface area contributed by atoms with Crippen molar-refractivity contribution in [2.24, 2.45) is 0 Å². The largest absolute Gasteiger partial charge is 0.352 e. The van der Waals surface area contributed by atoms with E-state index in [4.69, 9.17) is 12.2 Å². The molecule has 4 heterocycles. The van der Waals surface area contributed by atoms with Crippen LogP contribution in [0.15, 0.2) is 60.4 Å². The van der Waals surface area contributed by atoms with Gasteiger partial charge in [0.15, 0.2) is 5.11 Å². The summed E-state index contributed by atoms with van der Waals surface area (Å²) in [6.45, 7) is 2.91. The average Bonchev–Trinajstić information content (AvgIpc) is 3.20. The summed E-state index contributed by atoms with van der Waals surface area (Å²) in [4.78, 5) is 12.3. The van der Waals surface area contributed by atoms with Crippen molar-refractivity contribution in [2.45, 2.75) is 25.6 Å². The molecular weight excluding hydrogens is 348 g/mol. The van der Waals surface area contributed by atoms with Gasteiger partial charge < -0.3 is 10.2 Å². The molecule has 0 aliphatic carbocycles. The SMILES string of the molecule is Cc1ccsc1[C@@H]1[C@@H](c2ccccn2)NC(=S)N1Cc1ccncc1. The standard InChI is InChI=1S/C19H18N4S2/c1-13-7-11-25-18(13)17-16(15-4-2-3-8-21-15)22-19(24)23(17)12-14-5-9-20-10-6-14/h2-11,16-17H,12H2,1H3,(H,22,24)/t16-,17+/m1/s1. The molecule has 1 fully saturated rings. The summed E-state index contributed by atoms with van der Waals surface area (Å²) in [6.07, 6.45) is 5.48. The van der Waals surface area contributed by atoms with Gasteiger partial charge in [-0.1, -0.05) is 6.07 Å². The molecule has 6 heteroatoms. The summed E-state index contributed by atoms with van der Waals surface area (Å²) in [5, 5.41) is 6.41. The number of aromatic nitrogens is 2. The van der Waals surface area contributed by atoms with Crippen molar-refractivity contribution >= 4 is 28.7 Å². The van der Waals surface area contributed by atoms with Crippen molar-refractivity contribution in [1.82, 2.24) is 20.2 Å². The van der Waals surface area contributed by atoms with Gasteiger partial charge in [0.25, 0.3) is 0 Å². The summed E-state index contributed by atoms with van der Waals surface area (Å²) in [6, 6.07) is 12.5. The van der Waals surface area contributed by atoms with Crippen molar-refractivity contribution < 1.29 is 0 Å². The van der Waals surface area contributed by atoms with Gasteiger partial charge in [-0.15, -0.1) is 11.3 Å². The van der Waals surface area contributed by atoms with E-state index in [1.807, 2.05) is 42.9 Å². The Morgan fingerprint density at radius 3 is 2.68 bits per heavy atom. The third kappa shape index (κ3) is 3.15. The Kier molecular flexibility index (Phi) is 4.46. The van der Waals surface area contributed by atoms with Gasteiger partial charge in [0.05, 0.1) is 17.8 Å². The molecule has 1 aliphatic rings. The van der Waals surface area contributed by atoms with E-state index in [0.29, 0.717) is 0 Å². The lowest BCUT2D eigenvalue weighted by Crippen LogP contribution is -2.29. The van der Waals surface area contributed by atoms with Gasteiger partial charge in [-0.05, 0) is 66.0 Å². The van der Waals surface area contributed by atoms with E-state index >= 15 is 0 Å². The number of rotatable bonds is 4. The van der Waals surface area contributed by atoms with Crippen LogP contribution >= 0.6 is 23.6 Å². The predicted octanol–water partition coefficient (Wildman–Crippen LogP) is 4.02. The van der Waals surface area contributed by atoms with Crippen LogP contribution in [0.2, 0.25) is 0 Å². The molecule has 0 unspecified atom stereocenters. The fourth-order valence-electron chi connectivity index (χ4n) is 3.23. The van der Waals surface area contributed by atoms with E-state index in [2.05, 4.69) is 44.6 Å². The van der Waals surface area contributed by atoms with Gasteiger partial charge in [-0.2, -0.15) is 0 Å². The molecule has 1 N–H and O–H groups in total. The van der Waals surface area contributed by atoms with Gasteiger partial charge in [0.2, 0.25) is 0 Å². The fraction of sp³-hybridized carbons (Fsp3) is 0.211. The molecule has 4 rings (SSSR count). The molecule has 0 spiro atoms. The van der Waals surface area contributed by atoms with Crippen molar-refractivity contribution in [3.05, 3.63) is 82.1 Å². The van der Waals surface area contributed by atoms with Crippen molar-refractivity contribution in [3.8, 4) is 0 Å². The Labute approximate surface area is 156 Å². The molecule has 1 aliphatic heterocycles. The van der Waals surface area contributed by atoms with Crippen molar-refractivity contribution in [3.63, 3.8) is 0 Å². The molecule has 126 valence electrons. The van der Waals surface area contributed by atoms with E-state index in [0.717, 1.165) is 17.4 Å². The highest BCUT2D eigenvalue weighted by atomic mass is 32.1. The third-order valence-corrected chi connectivity index (χ3v) is 5.91. The van der Waals surface area contributed by atoms with Gasteiger partial charge in [-0.3, -0.25) is 9.97 Å². The molecule has 2 atom stereocenters. The minimum absolute atomic E-state index is 0.0490. The molecule has 0 radical (unpaired) electrons. The Balaban J connectivity index is 1.74. The second kappa shape index (κ2) is 6.90. The zero-order valence-electron chi connectivity index (χ0n) is 13.8. The highest BCUT2D eigenvalue weighted by molar-refractivity contribution is 7.80. The minimum atomic E-state index is 0.0490. The summed E-state index contributed by atoms with van der Waals surface area (Å²) < 4.78 is 0. The Bertz CT molecular complexity index is 863. The molecule has 0 bridgehead atoms. The van der Waals surface area contributed by atoms with Gasteiger partial charge in [0, 0.05) is 30.0 Å². The highest BCUT2D eigenvalue weighted by Gasteiger charge is 2.40. The molecule has 1 saturated heterocycles. The summed E-state index contributed by atoms with van der Waals surface area (Å²) in [5.74, 6) is 0. The van der Waals surface area contributed by atoms with Crippen LogP contribution in [0.3, 0.4) is 0 Å². The van der Waals surface area contributed by atoms with Gasteiger partial charge in [0.1, 0.15) is 0 Å². The quantitative estimate of drug-likeness (QED) is 0.706. The number of hydrogen-bond donors (Lipinski definition) is 1. The Morgan fingerprint density at radius 2 is 2.00 bits per heavy atom. The monoisotopic (exact) mass is 366 g/mol. The Morgan fingerprint density at radius 1 is 1.16 bits per heavy atom. The first-order valence-electron chi connectivity index (χ1n) is 8.15. The molecule has 4 nitrogen and oxygen atoms in total. The molecule has 3 aromatic heterocycles. The predicted molar refractivity (Wildman–Crippen MR) is 104 cm³/mol. The minimum Gasteiger partial charge on any atom is -0.352 e. The molecule has 0 saturated carbocycles. The van der Waals surface area contributed by atoms with Gasteiger partial charge in [-0.25, -0.2) is 0 Å². The van der Waals surface area contributed by atoms with Crippen LogP contribution in [0.1, 0.15) is 33.8 Å². The van der Waals surface area contributed by atoms with Crippen molar-refractivity contribution in [1.29, 1.82) is 0 Å². The first-order chi connectivity index (χ1) is 12.2. The fourth-order valence-corrected chi connectivity index (χ4v) is 4.61. The van der Waals surface area contributed by atoms with E-state index in [-0.39, 0.29) is 12.1 Å². The Hall–Kier alpha value is -2.31. The molecular formula is C19H18N4S2. The lowest BCUT2D eigenvalue weighted by Gasteiger charge is -2.27. The second-order valence-corrected chi connectivity index (χ2v) is 7.41. The van der Waals surface area contributed by atoms with E-state index in [1.54, 1.807) is 11.3 Å². The van der Waals surface area contributed by atoms with E-state index < -0.39 is 0 Å². The first-order valence-corrected chi connectivity index (χ1v) is 9.44. The van der Waals surface area contributed by atoms with Gasteiger partial charge >= 0.3 is 0 Å². The maximum atomic E-state index is 5.69. The highest BCUT2D eigenvalue weighted by Crippen LogP contribution is 2.42. The zero-order valence-corrected chi connectivity index (χ0v) is 15.4. The number of nitrogens with one attached hydrogen (secondary N) is 1. The van der Waals surface area contributed by atoms with Crippen LogP contribution in [-0.2, 0) is 6.54 Å². The molecule has 25 heavy (non-hydrogen) atoms. The normalized spacial score (nSPS) is 19.9. The van der Waals surface area contributed by atoms with Crippen LogP contribution in [0.4, 0.5) is 0 Å². The number of aryl methyl sites for hydroxylation is 1. The average molecular weight is 367 g/mol. The number of thiocarbonyl (C=S) groups is 1. The number of nitrogens with zero attached hydrogens (tertiary/aromatic N) is 3. The lowest BCUT2D eigenvalue weighted by molar-refractivity contribution is 0.314. The maximum Gasteiger partial charge on any atom is 0.170 e. The van der Waals surface area contributed by atoms with Crippen LogP contribution in [0.25, 0.3) is 0 Å². The summed E-state index contributed by atoms with van der Waals surface area (Å²) in [5.41, 5.74) is 3.50. The maximum absolute atomic E-state index is 5.69. The molecule has 0 amide bonds. The first kappa shape index (κ1) is 16.2. The number of thiophene rings is 1. The van der Waals surface area contributed by atoms with E-state index in [9.17, 15) is 0 Å². The van der Waals surface area contributed by atoms with Crippen LogP contribution in [0.5, 0.6) is 0 Å². The van der Waals surface area contributed by atoms with E-state index in [1.165, 1.54) is 16.0 Å². The van der Waals surface area contributed by atoms with Crippen LogP contribution in [-0.4, -0.2) is 20.0 Å². The number of hydrogen-bond acceptors (Lipinski definition) is 4. The molecule has 0 aromatic carbocycles. The van der Waals surface area contributed by atoms with Crippen LogP contribution < -0.4 is 5.32 Å². The molecule has 3 aromatic rings. The summed E-state index contributed by atoms with van der Waals surface area (Å²) >= 11 is 7.47. The third-order valence-electron chi connectivity index (χ3n) is 4.47. The topological polar surface area (TPSA) is 41.1 Å². The number of pyridine rings is 2. The lowest BCUT2D eigenvalue weighted by atomic mass is 10.0. The summed E-state index contributed by atoms with van der Waals surface area (Å²) in [7, 11) is 0. The van der Waals surface area contributed by atoms with Crippen molar-refractivity contribution in [2.75, 3.05) is 0 Å². The second-order valence-electron chi connectivity index (χ2n) is 6.08. The van der Waals surface area contributed by atoms with Crippen LogP contribution in [0, 0.1) is 6.92 Å². The zero-order chi connectivity index (χ0) is 17.2. The smallest absolute Gasteiger partial charge is 0.170 e.